The van der Waals surface area contributed by atoms with E-state index in [4.69, 9.17) is 18.9 Å². The van der Waals surface area contributed by atoms with Crippen molar-refractivity contribution in [1.82, 2.24) is 0 Å². The molecule has 10 heteroatoms. The number of benzene rings is 3. The maximum Gasteiger partial charge on any atom is 0.274 e. The summed E-state index contributed by atoms with van der Waals surface area (Å²) in [5.74, 6) is 1.42. The number of para-hydroxylation sites is 1. The Kier molecular flexibility index (Phi) is 6.33. The highest BCUT2D eigenvalue weighted by atomic mass is 16.6. The van der Waals surface area contributed by atoms with Crippen molar-refractivity contribution in [3.05, 3.63) is 81.9 Å². The van der Waals surface area contributed by atoms with Crippen LogP contribution in [0.15, 0.2) is 60.7 Å². The lowest BCUT2D eigenvalue weighted by molar-refractivity contribution is -0.385. The van der Waals surface area contributed by atoms with Gasteiger partial charge in [-0.25, -0.2) is 0 Å². The summed E-state index contributed by atoms with van der Waals surface area (Å²) in [6.07, 6.45) is 3.65. The first-order valence-electron chi connectivity index (χ1n) is 12.3. The van der Waals surface area contributed by atoms with E-state index in [1.54, 1.807) is 38.5 Å². The van der Waals surface area contributed by atoms with E-state index in [1.165, 1.54) is 19.2 Å². The molecule has 39 heavy (non-hydrogen) atoms. The molecule has 2 heterocycles. The van der Waals surface area contributed by atoms with E-state index in [2.05, 4.69) is 5.32 Å². The molecule has 202 valence electrons. The molecular weight excluding hydrogens is 502 g/mol. The van der Waals surface area contributed by atoms with Gasteiger partial charge in [0.1, 0.15) is 18.0 Å². The van der Waals surface area contributed by atoms with Crippen molar-refractivity contribution in [2.75, 3.05) is 38.1 Å². The fourth-order valence-corrected chi connectivity index (χ4v) is 5.35. The zero-order chi connectivity index (χ0) is 27.9. The first-order valence-corrected chi connectivity index (χ1v) is 12.3. The molecule has 0 bridgehead atoms. The minimum atomic E-state index is -1.13. The molecule has 0 saturated carbocycles. The minimum Gasteiger partial charge on any atom is -0.497 e. The Bertz CT molecular complexity index is 1480. The van der Waals surface area contributed by atoms with Crippen molar-refractivity contribution < 1.29 is 28.7 Å². The third-order valence-corrected chi connectivity index (χ3v) is 7.35. The van der Waals surface area contributed by atoms with Gasteiger partial charge in [-0.15, -0.1) is 0 Å². The van der Waals surface area contributed by atoms with Crippen LogP contribution in [0.5, 0.6) is 23.0 Å². The number of ether oxygens (including phenoxy) is 4. The van der Waals surface area contributed by atoms with Crippen LogP contribution in [0.4, 0.5) is 17.1 Å². The Morgan fingerprint density at radius 3 is 2.36 bits per heavy atom. The number of anilines is 2. The molecule has 3 aromatic carbocycles. The fraction of sp³-hybridized carbons (Fsp3) is 0.276. The van der Waals surface area contributed by atoms with E-state index >= 15 is 0 Å². The standard InChI is InChI=1S/C29H29N3O7/c1-28(2)23-8-6-7-9-24(23)31(17-26(33)30-19-13-21(36-3)16-22(14-19)37-4)29(28)11-10-18-12-20(32(34)35)15-25(38-5)27(18)39-29/h6-16H,17H2,1-5H3,(H,30,33). The van der Waals surface area contributed by atoms with Gasteiger partial charge in [-0.05, 0) is 37.6 Å². The van der Waals surface area contributed by atoms with Crippen LogP contribution < -0.4 is 29.2 Å². The highest BCUT2D eigenvalue weighted by molar-refractivity contribution is 5.95. The molecule has 5 rings (SSSR count). The van der Waals surface area contributed by atoms with Gasteiger partial charge in [0.05, 0.1) is 37.7 Å². The van der Waals surface area contributed by atoms with Crippen LogP contribution in [-0.4, -0.2) is 44.4 Å². The number of nitro benzene ring substituents is 1. The third-order valence-electron chi connectivity index (χ3n) is 7.35. The van der Waals surface area contributed by atoms with Crippen LogP contribution in [0, 0.1) is 10.1 Å². The SMILES string of the molecule is COc1cc(NC(=O)CN2c3ccccc3C(C)(C)C23C=Cc2cc([N+](=O)[O-])cc(OC)c2O3)cc(OC)c1. The Balaban J connectivity index is 1.56. The number of fused-ring (bicyclic) bond motifs is 2. The number of non-ortho nitro benzene ring substituents is 1. The van der Waals surface area contributed by atoms with Gasteiger partial charge in [0, 0.05) is 41.2 Å². The first kappa shape index (κ1) is 25.9. The molecule has 10 nitrogen and oxygen atoms in total. The Morgan fingerprint density at radius 1 is 1.03 bits per heavy atom. The van der Waals surface area contributed by atoms with Crippen molar-refractivity contribution >= 4 is 29.0 Å². The zero-order valence-electron chi connectivity index (χ0n) is 22.3. The lowest BCUT2D eigenvalue weighted by atomic mass is 9.76. The molecule has 2 aliphatic heterocycles. The molecule has 2 aliphatic rings. The van der Waals surface area contributed by atoms with Gasteiger partial charge in [0.15, 0.2) is 11.5 Å². The van der Waals surface area contributed by atoms with Gasteiger partial charge < -0.3 is 29.2 Å². The largest absolute Gasteiger partial charge is 0.497 e. The van der Waals surface area contributed by atoms with Crippen molar-refractivity contribution in [2.24, 2.45) is 0 Å². The Morgan fingerprint density at radius 2 is 1.72 bits per heavy atom. The summed E-state index contributed by atoms with van der Waals surface area (Å²) in [7, 11) is 4.53. The minimum absolute atomic E-state index is 0.0467. The van der Waals surface area contributed by atoms with Crippen LogP contribution in [0.3, 0.4) is 0 Å². The molecular formula is C29H29N3O7. The zero-order valence-corrected chi connectivity index (χ0v) is 22.3. The molecule has 0 aliphatic carbocycles. The second-order valence-electron chi connectivity index (χ2n) is 9.83. The number of hydrogen-bond donors (Lipinski definition) is 1. The van der Waals surface area contributed by atoms with E-state index < -0.39 is 16.1 Å². The summed E-state index contributed by atoms with van der Waals surface area (Å²) < 4.78 is 22.9. The van der Waals surface area contributed by atoms with E-state index in [0.717, 1.165) is 11.3 Å². The quantitative estimate of drug-likeness (QED) is 0.329. The molecule has 0 aromatic heterocycles. The van der Waals surface area contributed by atoms with E-state index in [0.29, 0.717) is 28.5 Å². The topological polar surface area (TPSA) is 112 Å². The van der Waals surface area contributed by atoms with Crippen LogP contribution in [0.1, 0.15) is 25.0 Å². The monoisotopic (exact) mass is 531 g/mol. The molecule has 3 aromatic rings. The first-order chi connectivity index (χ1) is 18.6. The predicted molar refractivity (Wildman–Crippen MR) is 147 cm³/mol. The molecule has 0 radical (unpaired) electrons. The predicted octanol–water partition coefficient (Wildman–Crippen LogP) is 5.16. The van der Waals surface area contributed by atoms with Gasteiger partial charge in [-0.3, -0.25) is 14.9 Å². The second-order valence-corrected chi connectivity index (χ2v) is 9.83. The molecule has 0 fully saturated rings. The molecule has 1 unspecified atom stereocenters. The van der Waals surface area contributed by atoms with Gasteiger partial charge in [0.25, 0.3) is 5.69 Å². The van der Waals surface area contributed by atoms with E-state index in [-0.39, 0.29) is 23.9 Å². The Labute approximate surface area is 225 Å². The van der Waals surface area contributed by atoms with Gasteiger partial charge in [-0.2, -0.15) is 0 Å². The summed E-state index contributed by atoms with van der Waals surface area (Å²) >= 11 is 0. The van der Waals surface area contributed by atoms with Crippen molar-refractivity contribution in [1.29, 1.82) is 0 Å². The summed E-state index contributed by atoms with van der Waals surface area (Å²) in [6, 6.07) is 15.8. The van der Waals surface area contributed by atoms with Gasteiger partial charge in [-0.1, -0.05) is 18.2 Å². The van der Waals surface area contributed by atoms with Crippen LogP contribution >= 0.6 is 0 Å². The maximum absolute atomic E-state index is 13.5. The van der Waals surface area contributed by atoms with Crippen LogP contribution in [0.2, 0.25) is 0 Å². The molecule has 1 spiro atoms. The fourth-order valence-electron chi connectivity index (χ4n) is 5.35. The molecule has 0 saturated heterocycles. The van der Waals surface area contributed by atoms with Crippen molar-refractivity contribution in [3.8, 4) is 23.0 Å². The van der Waals surface area contributed by atoms with Crippen molar-refractivity contribution in [3.63, 3.8) is 0 Å². The lowest BCUT2D eigenvalue weighted by Crippen LogP contribution is -2.61. The van der Waals surface area contributed by atoms with Gasteiger partial charge >= 0.3 is 0 Å². The number of amides is 1. The highest BCUT2D eigenvalue weighted by Crippen LogP contribution is 2.56. The lowest BCUT2D eigenvalue weighted by Gasteiger charge is -2.47. The van der Waals surface area contributed by atoms with Gasteiger partial charge in [0.2, 0.25) is 11.6 Å². The van der Waals surface area contributed by atoms with Crippen LogP contribution in [0.25, 0.3) is 6.08 Å². The third kappa shape index (κ3) is 4.18. The smallest absolute Gasteiger partial charge is 0.274 e. The summed E-state index contributed by atoms with van der Waals surface area (Å²) in [5, 5.41) is 14.4. The number of nitro groups is 1. The number of hydrogen-bond acceptors (Lipinski definition) is 8. The number of carbonyl (C=O) groups excluding carboxylic acids is 1. The van der Waals surface area contributed by atoms with E-state index in [9.17, 15) is 14.9 Å². The number of nitrogens with zero attached hydrogens (tertiary/aromatic N) is 2. The maximum atomic E-state index is 13.5. The number of nitrogens with one attached hydrogen (secondary N) is 1. The average molecular weight is 532 g/mol. The summed E-state index contributed by atoms with van der Waals surface area (Å²) in [6.45, 7) is 4.04. The van der Waals surface area contributed by atoms with Crippen molar-refractivity contribution in [2.45, 2.75) is 25.0 Å². The average Bonchev–Trinajstić information content (AvgIpc) is 3.10. The molecule has 1 N–H and O–H groups in total. The van der Waals surface area contributed by atoms with E-state index in [1.807, 2.05) is 49.1 Å². The van der Waals surface area contributed by atoms with Crippen LogP contribution in [-0.2, 0) is 10.2 Å². The Hall–Kier alpha value is -4.73. The summed E-state index contributed by atoms with van der Waals surface area (Å²) in [5.41, 5.74) is 1.03. The summed E-state index contributed by atoms with van der Waals surface area (Å²) in [4.78, 5) is 26.4. The normalized spacial score (nSPS) is 18.1. The number of carbonyl (C=O) groups is 1. The number of rotatable bonds is 7. The second kappa shape index (κ2) is 9.54. The highest BCUT2D eigenvalue weighted by Gasteiger charge is 2.59. The molecule has 1 atom stereocenters. The molecule has 1 amide bonds. The number of methoxy groups -OCH3 is 3.